The standard InChI is InChI=1S/C6H3S/c1-2-6-4-3-5-7-6/h3-5H. The van der Waals surface area contributed by atoms with E-state index in [-0.39, 0.29) is 0 Å². The van der Waals surface area contributed by atoms with Crippen molar-refractivity contribution >= 4 is 11.3 Å². The van der Waals surface area contributed by atoms with Crippen molar-refractivity contribution in [3.05, 3.63) is 28.8 Å². The highest BCUT2D eigenvalue weighted by Crippen LogP contribution is 2.04. The topological polar surface area (TPSA) is 0 Å². The van der Waals surface area contributed by atoms with Crippen molar-refractivity contribution in [2.24, 2.45) is 0 Å². The Kier molecular flexibility index (Phi) is 1.14. The van der Waals surface area contributed by atoms with Crippen LogP contribution in [0.25, 0.3) is 0 Å². The molecule has 0 nitrogen and oxygen atoms in total. The van der Waals surface area contributed by atoms with Crippen LogP contribution in [0.4, 0.5) is 0 Å². The van der Waals surface area contributed by atoms with Crippen LogP contribution in [0, 0.1) is 12.3 Å². The Bertz CT molecular complexity index is 167. The number of hydrogen-bond donors (Lipinski definition) is 0. The summed E-state index contributed by atoms with van der Waals surface area (Å²) in [5.74, 6) is 2.28. The van der Waals surface area contributed by atoms with E-state index >= 15 is 0 Å². The fraction of sp³-hybridized carbons (Fsp3) is 0. The van der Waals surface area contributed by atoms with Gasteiger partial charge in [-0.05, 0) is 23.8 Å². The molecular formula is C6H3S. The zero-order valence-electron chi connectivity index (χ0n) is 3.64. The molecule has 0 aromatic carbocycles. The van der Waals surface area contributed by atoms with Crippen molar-refractivity contribution in [1.82, 2.24) is 0 Å². The molecule has 1 aromatic heterocycles. The zero-order chi connectivity index (χ0) is 5.11. The van der Waals surface area contributed by atoms with Gasteiger partial charge in [0.2, 0.25) is 0 Å². The highest BCUT2D eigenvalue weighted by molar-refractivity contribution is 7.10. The summed E-state index contributed by atoms with van der Waals surface area (Å²) in [6, 6.07) is 3.76. The van der Waals surface area contributed by atoms with Gasteiger partial charge >= 0.3 is 0 Å². The highest BCUT2D eigenvalue weighted by atomic mass is 32.1. The van der Waals surface area contributed by atoms with Gasteiger partial charge in [-0.25, -0.2) is 0 Å². The Labute approximate surface area is 46.8 Å². The first kappa shape index (κ1) is 4.42. The summed E-state index contributed by atoms with van der Waals surface area (Å²) in [6.07, 6.45) is 6.62. The molecule has 0 fully saturated rings. The lowest BCUT2D eigenvalue weighted by Gasteiger charge is -1.66. The lowest BCUT2D eigenvalue weighted by molar-refractivity contribution is 1.94. The van der Waals surface area contributed by atoms with E-state index in [9.17, 15) is 0 Å². The maximum absolute atomic E-state index is 6.62. The molecule has 7 heavy (non-hydrogen) atoms. The fourth-order valence-electron chi connectivity index (χ4n) is 0.350. The number of thiophene rings is 1. The average molecular weight is 107 g/mol. The van der Waals surface area contributed by atoms with Crippen molar-refractivity contribution in [2.45, 2.75) is 0 Å². The van der Waals surface area contributed by atoms with Gasteiger partial charge in [0.25, 0.3) is 0 Å². The number of rotatable bonds is 0. The van der Waals surface area contributed by atoms with Crippen LogP contribution in [-0.4, -0.2) is 0 Å². The second-order valence-corrected chi connectivity index (χ2v) is 2.05. The molecule has 0 aliphatic heterocycles. The second kappa shape index (κ2) is 1.81. The summed E-state index contributed by atoms with van der Waals surface area (Å²) in [7, 11) is 0. The van der Waals surface area contributed by atoms with E-state index in [0.717, 1.165) is 4.88 Å². The average Bonchev–Trinajstić information content (AvgIpc) is 2.14. The largest absolute Gasteiger partial charge is 0.135 e. The summed E-state index contributed by atoms with van der Waals surface area (Å²) >= 11 is 1.52. The van der Waals surface area contributed by atoms with Crippen LogP contribution in [-0.2, 0) is 0 Å². The summed E-state index contributed by atoms with van der Waals surface area (Å²) in [6.45, 7) is 0. The van der Waals surface area contributed by atoms with E-state index in [1.165, 1.54) is 11.3 Å². The number of hydrogen-bond acceptors (Lipinski definition) is 1. The van der Waals surface area contributed by atoms with Crippen LogP contribution in [0.2, 0.25) is 0 Å². The van der Waals surface area contributed by atoms with Crippen LogP contribution < -0.4 is 0 Å². The Morgan fingerprint density at radius 2 is 2.57 bits per heavy atom. The van der Waals surface area contributed by atoms with Crippen LogP contribution in [0.1, 0.15) is 4.88 Å². The van der Waals surface area contributed by atoms with Crippen molar-refractivity contribution in [3.8, 4) is 5.92 Å². The van der Waals surface area contributed by atoms with E-state index < -0.39 is 0 Å². The van der Waals surface area contributed by atoms with E-state index in [4.69, 9.17) is 6.42 Å². The minimum absolute atomic E-state index is 0.889. The van der Waals surface area contributed by atoms with Gasteiger partial charge in [-0.15, -0.1) is 11.3 Å². The molecule has 33 valence electrons. The smallest absolute Gasteiger partial charge is 0.0778 e. The van der Waals surface area contributed by atoms with E-state index in [1.807, 2.05) is 17.5 Å². The van der Waals surface area contributed by atoms with Crippen molar-refractivity contribution in [1.29, 1.82) is 0 Å². The molecule has 0 saturated carbocycles. The van der Waals surface area contributed by atoms with Gasteiger partial charge < -0.3 is 0 Å². The van der Waals surface area contributed by atoms with Crippen molar-refractivity contribution < 1.29 is 0 Å². The highest BCUT2D eigenvalue weighted by Gasteiger charge is 1.79. The molecule has 1 radical (unpaired) electrons. The molecule has 1 aromatic rings. The monoisotopic (exact) mass is 107 g/mol. The molecular weight excluding hydrogens is 104 g/mol. The molecule has 0 aliphatic rings. The Morgan fingerprint density at radius 3 is 2.86 bits per heavy atom. The van der Waals surface area contributed by atoms with Gasteiger partial charge in [0.1, 0.15) is 0 Å². The van der Waals surface area contributed by atoms with Gasteiger partial charge in [0.05, 0.1) is 4.88 Å². The quantitative estimate of drug-likeness (QED) is 0.442. The molecule has 0 unspecified atom stereocenters. The minimum atomic E-state index is 0.889. The van der Waals surface area contributed by atoms with Crippen LogP contribution in [0.5, 0.6) is 0 Å². The van der Waals surface area contributed by atoms with Crippen molar-refractivity contribution in [3.63, 3.8) is 0 Å². The molecule has 0 bridgehead atoms. The molecule has 0 aliphatic carbocycles. The van der Waals surface area contributed by atoms with Crippen LogP contribution in [0.3, 0.4) is 0 Å². The first-order valence-electron chi connectivity index (χ1n) is 1.90. The molecule has 0 spiro atoms. The second-order valence-electron chi connectivity index (χ2n) is 1.10. The summed E-state index contributed by atoms with van der Waals surface area (Å²) in [4.78, 5) is 0.889. The predicted octanol–water partition coefficient (Wildman–Crippen LogP) is 1.69. The maximum Gasteiger partial charge on any atom is 0.0778 e. The lowest BCUT2D eigenvalue weighted by atomic mass is 10.5. The SMILES string of the molecule is [C]#Cc1cccs1. The van der Waals surface area contributed by atoms with Gasteiger partial charge in [-0.1, -0.05) is 6.07 Å². The van der Waals surface area contributed by atoms with Gasteiger partial charge in [0, 0.05) is 0 Å². The van der Waals surface area contributed by atoms with Crippen molar-refractivity contribution in [2.75, 3.05) is 0 Å². The molecule has 0 saturated heterocycles. The van der Waals surface area contributed by atoms with E-state index in [1.54, 1.807) is 0 Å². The Hall–Kier alpha value is -0.740. The van der Waals surface area contributed by atoms with E-state index in [0.29, 0.717) is 0 Å². The van der Waals surface area contributed by atoms with Gasteiger partial charge in [0.15, 0.2) is 0 Å². The summed E-state index contributed by atoms with van der Waals surface area (Å²) in [5.41, 5.74) is 0. The van der Waals surface area contributed by atoms with E-state index in [2.05, 4.69) is 5.92 Å². The molecule has 1 heteroatoms. The molecule has 0 N–H and O–H groups in total. The zero-order valence-corrected chi connectivity index (χ0v) is 4.46. The summed E-state index contributed by atoms with van der Waals surface area (Å²) in [5, 5.41) is 1.93. The third kappa shape index (κ3) is 0.819. The molecule has 1 heterocycles. The first-order chi connectivity index (χ1) is 3.43. The molecule has 0 atom stereocenters. The third-order valence-corrected chi connectivity index (χ3v) is 1.43. The summed E-state index contributed by atoms with van der Waals surface area (Å²) < 4.78 is 0. The van der Waals surface area contributed by atoms with Gasteiger partial charge in [-0.2, -0.15) is 0 Å². The maximum atomic E-state index is 6.62. The molecule has 1 rings (SSSR count). The predicted molar refractivity (Wildman–Crippen MR) is 30.6 cm³/mol. The molecule has 0 amide bonds. The Morgan fingerprint density at radius 1 is 1.71 bits per heavy atom. The van der Waals surface area contributed by atoms with Crippen LogP contribution >= 0.6 is 11.3 Å². The fourth-order valence-corrected chi connectivity index (χ4v) is 0.869. The first-order valence-corrected chi connectivity index (χ1v) is 2.77. The van der Waals surface area contributed by atoms with Gasteiger partial charge in [-0.3, -0.25) is 0 Å². The Balaban J connectivity index is 3.04. The third-order valence-electron chi connectivity index (χ3n) is 0.644. The normalized spacial score (nSPS) is 7.86. The minimum Gasteiger partial charge on any atom is -0.135 e. The lowest BCUT2D eigenvalue weighted by Crippen LogP contribution is -1.49. The van der Waals surface area contributed by atoms with Crippen LogP contribution in [0.15, 0.2) is 17.5 Å².